The number of ketones is 1. The van der Waals surface area contributed by atoms with Crippen molar-refractivity contribution in [2.45, 2.75) is 37.2 Å². The molecule has 0 aromatic carbocycles. The zero-order valence-electron chi connectivity index (χ0n) is 12.5. The second-order valence-corrected chi connectivity index (χ2v) is 4.81. The number of aliphatic hydroxyl groups is 4. The van der Waals surface area contributed by atoms with Gasteiger partial charge in [0.15, 0.2) is 12.6 Å². The van der Waals surface area contributed by atoms with E-state index in [4.69, 9.17) is 27.4 Å². The smallest absolute Gasteiger partial charge is 0.323 e. The average Bonchev–Trinajstić information content (AvgIpc) is 2.53. The van der Waals surface area contributed by atoms with Crippen LogP contribution >= 0.6 is 0 Å². The van der Waals surface area contributed by atoms with Crippen molar-refractivity contribution in [3.8, 4) is 0 Å². The molecule has 0 spiro atoms. The highest BCUT2D eigenvalue weighted by Gasteiger charge is 2.30. The molecule has 0 heterocycles. The number of guanidine groups is 1. The summed E-state index contributed by atoms with van der Waals surface area (Å²) in [6.07, 6.45) is -4.94. The van der Waals surface area contributed by atoms with E-state index in [1.807, 2.05) is 0 Å². The molecule has 0 saturated heterocycles. The minimum atomic E-state index is -2.00. The van der Waals surface area contributed by atoms with E-state index in [9.17, 15) is 19.8 Å². The first-order valence-corrected chi connectivity index (χ1v) is 6.86. The lowest BCUT2D eigenvalue weighted by Crippen LogP contribution is -2.45. The number of nitrogens with two attached hydrogens (primary N) is 3. The number of carbonyl (C=O) groups is 2. The third-order valence-electron chi connectivity index (χ3n) is 2.86. The summed E-state index contributed by atoms with van der Waals surface area (Å²) in [6.45, 7) is -1.38. The molecule has 0 aliphatic carbocycles. The van der Waals surface area contributed by atoms with Gasteiger partial charge in [0.25, 0.3) is 0 Å². The van der Waals surface area contributed by atoms with E-state index in [-0.39, 0.29) is 18.9 Å². The molecule has 0 aliphatic heterocycles. The fourth-order valence-corrected chi connectivity index (χ4v) is 1.48. The molecule has 0 fully saturated rings. The summed E-state index contributed by atoms with van der Waals surface area (Å²) in [5.74, 6) is -1.98. The number of hydrogen-bond acceptors (Lipinski definition) is 9. The number of hydrogen-bond donors (Lipinski definition) is 7. The molecule has 23 heavy (non-hydrogen) atoms. The molecule has 10 N–H and O–H groups in total. The minimum Gasteiger partial charge on any atom is -0.456 e. The van der Waals surface area contributed by atoms with Gasteiger partial charge in [0, 0.05) is 6.54 Å². The molecule has 4 atom stereocenters. The number of aliphatic hydroxyl groups excluding tert-OH is 4. The summed E-state index contributed by atoms with van der Waals surface area (Å²) in [5, 5.41) is 36.5. The van der Waals surface area contributed by atoms with Crippen molar-refractivity contribution < 1.29 is 34.8 Å². The second kappa shape index (κ2) is 10.9. The van der Waals surface area contributed by atoms with Crippen molar-refractivity contribution >= 4 is 17.7 Å². The third kappa shape index (κ3) is 8.42. The molecule has 0 aliphatic rings. The van der Waals surface area contributed by atoms with Crippen molar-refractivity contribution in [1.82, 2.24) is 0 Å². The van der Waals surface area contributed by atoms with Gasteiger partial charge >= 0.3 is 5.97 Å². The Labute approximate surface area is 132 Å². The largest absolute Gasteiger partial charge is 0.456 e. The number of esters is 1. The Kier molecular flexibility index (Phi) is 10.0. The normalized spacial score (nSPS) is 16.0. The van der Waals surface area contributed by atoms with Gasteiger partial charge in [-0.1, -0.05) is 0 Å². The van der Waals surface area contributed by atoms with Gasteiger partial charge in [0.1, 0.15) is 24.4 Å². The lowest BCUT2D eigenvalue weighted by atomic mass is 10.1. The summed E-state index contributed by atoms with van der Waals surface area (Å²) >= 11 is 0. The van der Waals surface area contributed by atoms with E-state index in [2.05, 4.69) is 9.73 Å². The topological polar surface area (TPSA) is 215 Å². The molecule has 0 aromatic heterocycles. The number of aliphatic imine (C=N–C) groups is 1. The molecule has 134 valence electrons. The van der Waals surface area contributed by atoms with Crippen LogP contribution in [0.1, 0.15) is 12.8 Å². The van der Waals surface area contributed by atoms with Gasteiger partial charge in [0.05, 0.1) is 6.61 Å². The average molecular weight is 336 g/mol. The van der Waals surface area contributed by atoms with Gasteiger partial charge in [-0.25, -0.2) is 0 Å². The van der Waals surface area contributed by atoms with Crippen LogP contribution in [0.15, 0.2) is 4.99 Å². The lowest BCUT2D eigenvalue weighted by molar-refractivity contribution is -0.156. The van der Waals surface area contributed by atoms with E-state index < -0.39 is 49.3 Å². The van der Waals surface area contributed by atoms with Crippen LogP contribution in [-0.2, 0) is 14.3 Å². The summed E-state index contributed by atoms with van der Waals surface area (Å²) in [4.78, 5) is 26.7. The quantitative estimate of drug-likeness (QED) is 0.0831. The number of carbonyl (C=O) groups excluding carboxylic acids is 2. The molecule has 0 aromatic rings. The maximum absolute atomic E-state index is 11.5. The molecule has 11 heteroatoms. The first-order valence-electron chi connectivity index (χ1n) is 6.86. The molecule has 0 amide bonds. The molecule has 11 nitrogen and oxygen atoms in total. The summed E-state index contributed by atoms with van der Waals surface area (Å²) in [7, 11) is 0. The molecule has 0 radical (unpaired) electrons. The van der Waals surface area contributed by atoms with E-state index in [1.165, 1.54) is 0 Å². The number of ether oxygens (including phenoxy) is 1. The van der Waals surface area contributed by atoms with E-state index >= 15 is 0 Å². The molecule has 0 saturated carbocycles. The lowest BCUT2D eigenvalue weighted by Gasteiger charge is -2.20. The molecule has 0 rings (SSSR count). The van der Waals surface area contributed by atoms with Crippen LogP contribution in [-0.4, -0.2) is 82.3 Å². The Bertz CT molecular complexity index is 414. The summed E-state index contributed by atoms with van der Waals surface area (Å²) in [6, 6.07) is -0.998. The van der Waals surface area contributed by atoms with Crippen molar-refractivity contribution in [1.29, 1.82) is 0 Å². The second-order valence-electron chi connectivity index (χ2n) is 4.81. The minimum absolute atomic E-state index is 0.0793. The Morgan fingerprint density at radius 1 is 1.17 bits per heavy atom. The molecule has 1 unspecified atom stereocenters. The van der Waals surface area contributed by atoms with Gasteiger partial charge in [-0.15, -0.1) is 0 Å². The predicted molar refractivity (Wildman–Crippen MR) is 79.0 cm³/mol. The van der Waals surface area contributed by atoms with Gasteiger partial charge in [-0.05, 0) is 12.8 Å². The number of Topliss-reactive ketones (excluding diaryl/α,β-unsaturated/α-hetero) is 1. The fraction of sp³-hybridized carbons (Fsp3) is 0.750. The molecule has 0 bridgehead atoms. The van der Waals surface area contributed by atoms with Crippen LogP contribution in [0.3, 0.4) is 0 Å². The van der Waals surface area contributed by atoms with Crippen LogP contribution in [0.25, 0.3) is 0 Å². The standard InChI is InChI=1S/C12H24N4O7/c13-6(2-1-3-16-12(14)15)11(22)23-5-8(19)10(21)9(20)7(18)4-17/h6-7,9-10,17-18,20-21H,1-5,13H2,(H4,14,15,16)/t6?,7-,9-,10-/m1/s1. The van der Waals surface area contributed by atoms with E-state index in [0.717, 1.165) is 0 Å². The number of nitrogens with zero attached hydrogens (tertiary/aromatic N) is 1. The first kappa shape index (κ1) is 21.2. The van der Waals surface area contributed by atoms with Crippen molar-refractivity contribution in [2.75, 3.05) is 19.8 Å². The van der Waals surface area contributed by atoms with Gasteiger partial charge < -0.3 is 42.4 Å². The maximum Gasteiger partial charge on any atom is 0.323 e. The zero-order valence-corrected chi connectivity index (χ0v) is 12.5. The predicted octanol–water partition coefficient (Wildman–Crippen LogP) is -4.45. The van der Waals surface area contributed by atoms with Crippen molar-refractivity contribution in [3.05, 3.63) is 0 Å². The highest BCUT2D eigenvalue weighted by molar-refractivity contribution is 5.87. The molecular formula is C12H24N4O7. The van der Waals surface area contributed by atoms with Gasteiger partial charge in [-0.3, -0.25) is 14.6 Å². The highest BCUT2D eigenvalue weighted by Crippen LogP contribution is 2.03. The third-order valence-corrected chi connectivity index (χ3v) is 2.86. The van der Waals surface area contributed by atoms with Crippen LogP contribution < -0.4 is 17.2 Å². The maximum atomic E-state index is 11.5. The first-order chi connectivity index (χ1) is 10.7. The summed E-state index contributed by atoms with van der Waals surface area (Å²) in [5.41, 5.74) is 15.8. The monoisotopic (exact) mass is 336 g/mol. The Hall–Kier alpha value is -1.79. The van der Waals surface area contributed by atoms with Crippen LogP contribution in [0, 0.1) is 0 Å². The van der Waals surface area contributed by atoms with Crippen LogP contribution in [0.4, 0.5) is 0 Å². The Balaban J connectivity index is 4.16. The van der Waals surface area contributed by atoms with E-state index in [1.54, 1.807) is 0 Å². The Morgan fingerprint density at radius 2 is 1.78 bits per heavy atom. The summed E-state index contributed by atoms with van der Waals surface area (Å²) < 4.78 is 4.61. The highest BCUT2D eigenvalue weighted by atomic mass is 16.5. The van der Waals surface area contributed by atoms with Crippen LogP contribution in [0.5, 0.6) is 0 Å². The van der Waals surface area contributed by atoms with Gasteiger partial charge in [0.2, 0.25) is 5.78 Å². The zero-order chi connectivity index (χ0) is 18.0. The van der Waals surface area contributed by atoms with E-state index in [0.29, 0.717) is 6.42 Å². The fourth-order valence-electron chi connectivity index (χ4n) is 1.48. The SMILES string of the molecule is NC(N)=NCCCC(N)C(=O)OCC(=O)[C@@H](O)[C@H](O)[C@H](O)CO. The molecular weight excluding hydrogens is 312 g/mol. The Morgan fingerprint density at radius 3 is 2.30 bits per heavy atom. The number of rotatable bonds is 11. The van der Waals surface area contributed by atoms with Gasteiger partial charge in [-0.2, -0.15) is 0 Å². The van der Waals surface area contributed by atoms with Crippen LogP contribution in [0.2, 0.25) is 0 Å². The van der Waals surface area contributed by atoms with Crippen molar-refractivity contribution in [2.24, 2.45) is 22.2 Å². The van der Waals surface area contributed by atoms with Crippen molar-refractivity contribution in [3.63, 3.8) is 0 Å².